The Morgan fingerprint density at radius 1 is 1.24 bits per heavy atom. The molecule has 0 bridgehead atoms. The van der Waals surface area contributed by atoms with Crippen LogP contribution in [0.1, 0.15) is 44.6 Å². The Kier molecular flexibility index (Phi) is 13.7. The summed E-state index contributed by atoms with van der Waals surface area (Å²) in [5.41, 5.74) is 1.22. The minimum Gasteiger partial charge on any atom is -0.469 e. The number of hydrogen-bond donors (Lipinski definition) is 1. The van der Waals surface area contributed by atoms with E-state index in [2.05, 4.69) is 34.0 Å². The van der Waals surface area contributed by atoms with Crippen LogP contribution in [0.4, 0.5) is 0 Å². The Morgan fingerprint density at radius 2 is 2.03 bits per heavy atom. The standard InChI is InChI=1S/C22H35N3O3.HI/c1-3-23-22(24-14-9-5-8-12-21(26)27-2)25-15-13-20(16-25)18-28-17-19-10-6-4-7-11-19;/h4,6-7,10-11,20H,3,5,8-9,12-18H2,1-2H3,(H,23,24);1H. The lowest BCUT2D eigenvalue weighted by Crippen LogP contribution is -2.40. The first-order chi connectivity index (χ1) is 13.7. The second kappa shape index (κ2) is 15.5. The summed E-state index contributed by atoms with van der Waals surface area (Å²) in [7, 11) is 1.44. The second-order valence-corrected chi connectivity index (χ2v) is 7.22. The third-order valence-electron chi connectivity index (χ3n) is 4.91. The predicted octanol–water partition coefficient (Wildman–Crippen LogP) is 3.84. The molecule has 1 fully saturated rings. The van der Waals surface area contributed by atoms with Gasteiger partial charge in [0.15, 0.2) is 5.96 Å². The zero-order valence-corrected chi connectivity index (χ0v) is 20.1. The SMILES string of the molecule is CCNC(=NCCCCCC(=O)OC)N1CCC(COCc2ccccc2)C1.I. The number of benzene rings is 1. The van der Waals surface area contributed by atoms with Gasteiger partial charge in [0, 0.05) is 38.5 Å². The molecule has 0 amide bonds. The number of nitrogens with one attached hydrogen (secondary N) is 1. The van der Waals surface area contributed by atoms with Crippen LogP contribution in [0.2, 0.25) is 0 Å². The van der Waals surface area contributed by atoms with Gasteiger partial charge in [0.1, 0.15) is 0 Å². The molecule has 2 rings (SSSR count). The van der Waals surface area contributed by atoms with Crippen molar-refractivity contribution in [2.75, 3.05) is 39.9 Å². The van der Waals surface area contributed by atoms with Gasteiger partial charge in [0.05, 0.1) is 20.3 Å². The maximum Gasteiger partial charge on any atom is 0.305 e. The van der Waals surface area contributed by atoms with Crippen molar-refractivity contribution in [3.8, 4) is 0 Å². The topological polar surface area (TPSA) is 63.2 Å². The van der Waals surface area contributed by atoms with Gasteiger partial charge in [-0.3, -0.25) is 9.79 Å². The number of unbranched alkanes of at least 4 members (excludes halogenated alkanes) is 2. The van der Waals surface area contributed by atoms with Crippen LogP contribution >= 0.6 is 24.0 Å². The number of methoxy groups -OCH3 is 1. The first kappa shape index (κ1) is 25.7. The summed E-state index contributed by atoms with van der Waals surface area (Å²) < 4.78 is 10.6. The number of aliphatic imine (C=N–C) groups is 1. The van der Waals surface area contributed by atoms with E-state index in [0.717, 1.165) is 64.4 Å². The number of nitrogens with zero attached hydrogens (tertiary/aromatic N) is 2. The lowest BCUT2D eigenvalue weighted by molar-refractivity contribution is -0.140. The van der Waals surface area contributed by atoms with Gasteiger partial charge in [-0.2, -0.15) is 0 Å². The van der Waals surface area contributed by atoms with Crippen LogP contribution in [0.3, 0.4) is 0 Å². The van der Waals surface area contributed by atoms with Crippen LogP contribution in [0, 0.1) is 5.92 Å². The van der Waals surface area contributed by atoms with Gasteiger partial charge in [-0.25, -0.2) is 0 Å². The number of guanidine groups is 1. The van der Waals surface area contributed by atoms with Crippen molar-refractivity contribution in [1.82, 2.24) is 10.2 Å². The molecule has 0 spiro atoms. The van der Waals surface area contributed by atoms with E-state index in [1.165, 1.54) is 12.7 Å². The Hall–Kier alpha value is -1.35. The molecule has 1 atom stereocenters. The number of likely N-dealkylation sites (tertiary alicyclic amines) is 1. The molecular weight excluding hydrogens is 481 g/mol. The quantitative estimate of drug-likeness (QED) is 0.159. The summed E-state index contributed by atoms with van der Waals surface area (Å²) in [6, 6.07) is 10.3. The Balaban J connectivity index is 0.00000420. The smallest absolute Gasteiger partial charge is 0.305 e. The van der Waals surface area contributed by atoms with Crippen molar-refractivity contribution in [1.29, 1.82) is 0 Å². The van der Waals surface area contributed by atoms with Crippen LogP contribution in [-0.4, -0.2) is 56.7 Å². The highest BCUT2D eigenvalue weighted by atomic mass is 127. The summed E-state index contributed by atoms with van der Waals surface area (Å²) in [5, 5.41) is 3.41. The van der Waals surface area contributed by atoms with Crippen molar-refractivity contribution < 1.29 is 14.3 Å². The van der Waals surface area contributed by atoms with E-state index in [4.69, 9.17) is 9.73 Å². The highest BCUT2D eigenvalue weighted by Gasteiger charge is 2.24. The van der Waals surface area contributed by atoms with E-state index in [0.29, 0.717) is 18.9 Å². The van der Waals surface area contributed by atoms with E-state index in [9.17, 15) is 4.79 Å². The summed E-state index contributed by atoms with van der Waals surface area (Å²) in [4.78, 5) is 18.2. The van der Waals surface area contributed by atoms with Crippen molar-refractivity contribution in [3.05, 3.63) is 35.9 Å². The molecule has 0 aliphatic carbocycles. The third kappa shape index (κ3) is 10.3. The Bertz CT molecular complexity index is 598. The van der Waals surface area contributed by atoms with Crippen LogP contribution in [-0.2, 0) is 20.9 Å². The highest BCUT2D eigenvalue weighted by Crippen LogP contribution is 2.17. The molecule has 1 heterocycles. The maximum atomic E-state index is 11.1. The average molecular weight is 517 g/mol. The first-order valence-electron chi connectivity index (χ1n) is 10.4. The van der Waals surface area contributed by atoms with E-state index in [-0.39, 0.29) is 29.9 Å². The number of ether oxygens (including phenoxy) is 2. The minimum absolute atomic E-state index is 0. The summed E-state index contributed by atoms with van der Waals surface area (Å²) in [6.07, 6.45) is 4.48. The molecule has 1 aromatic rings. The molecule has 7 heteroatoms. The third-order valence-corrected chi connectivity index (χ3v) is 4.91. The van der Waals surface area contributed by atoms with E-state index < -0.39 is 0 Å². The number of carbonyl (C=O) groups excluding carboxylic acids is 1. The molecule has 1 aliphatic rings. The fraction of sp³-hybridized carbons (Fsp3) is 0.636. The van der Waals surface area contributed by atoms with Gasteiger partial charge >= 0.3 is 5.97 Å². The molecule has 6 nitrogen and oxygen atoms in total. The van der Waals surface area contributed by atoms with E-state index >= 15 is 0 Å². The number of halogens is 1. The van der Waals surface area contributed by atoms with Crippen LogP contribution in [0.5, 0.6) is 0 Å². The zero-order chi connectivity index (χ0) is 20.0. The van der Waals surface area contributed by atoms with E-state index in [1.54, 1.807) is 0 Å². The molecule has 1 saturated heterocycles. The molecule has 1 aromatic carbocycles. The summed E-state index contributed by atoms with van der Waals surface area (Å²) in [5.74, 6) is 1.42. The molecule has 1 aliphatic heterocycles. The lowest BCUT2D eigenvalue weighted by atomic mass is 10.1. The molecule has 29 heavy (non-hydrogen) atoms. The van der Waals surface area contributed by atoms with Crippen LogP contribution in [0.25, 0.3) is 0 Å². The van der Waals surface area contributed by atoms with Crippen molar-refractivity contribution in [3.63, 3.8) is 0 Å². The van der Waals surface area contributed by atoms with E-state index in [1.807, 2.05) is 18.2 Å². The maximum absolute atomic E-state index is 11.1. The van der Waals surface area contributed by atoms with Gasteiger partial charge in [0.2, 0.25) is 0 Å². The molecule has 0 radical (unpaired) electrons. The first-order valence-corrected chi connectivity index (χ1v) is 10.4. The molecule has 1 N–H and O–H groups in total. The monoisotopic (exact) mass is 517 g/mol. The predicted molar refractivity (Wildman–Crippen MR) is 128 cm³/mol. The molecular formula is C22H36IN3O3. The highest BCUT2D eigenvalue weighted by molar-refractivity contribution is 14.0. The van der Waals surface area contributed by atoms with Gasteiger partial charge in [-0.05, 0) is 31.7 Å². The summed E-state index contributed by atoms with van der Waals surface area (Å²) >= 11 is 0. The van der Waals surface area contributed by atoms with Crippen molar-refractivity contribution in [2.24, 2.45) is 10.9 Å². The lowest BCUT2D eigenvalue weighted by Gasteiger charge is -2.21. The van der Waals surface area contributed by atoms with Crippen molar-refractivity contribution in [2.45, 2.75) is 45.6 Å². The van der Waals surface area contributed by atoms with Gasteiger partial charge < -0.3 is 19.7 Å². The number of rotatable bonds is 11. The zero-order valence-electron chi connectivity index (χ0n) is 17.8. The molecule has 0 aromatic heterocycles. The van der Waals surface area contributed by atoms with Crippen molar-refractivity contribution >= 4 is 35.9 Å². The largest absolute Gasteiger partial charge is 0.469 e. The number of carbonyl (C=O) groups is 1. The normalized spacial score (nSPS) is 16.4. The van der Waals surface area contributed by atoms with Gasteiger partial charge in [0.25, 0.3) is 0 Å². The van der Waals surface area contributed by atoms with Gasteiger partial charge in [-0.15, -0.1) is 24.0 Å². The molecule has 0 saturated carbocycles. The van der Waals surface area contributed by atoms with Gasteiger partial charge in [-0.1, -0.05) is 36.8 Å². The minimum atomic E-state index is -0.130. The number of hydrogen-bond acceptors (Lipinski definition) is 4. The Labute approximate surface area is 192 Å². The molecule has 1 unspecified atom stereocenters. The van der Waals surface area contributed by atoms with Crippen LogP contribution in [0.15, 0.2) is 35.3 Å². The van der Waals surface area contributed by atoms with Crippen LogP contribution < -0.4 is 5.32 Å². The fourth-order valence-corrected chi connectivity index (χ4v) is 3.35. The fourth-order valence-electron chi connectivity index (χ4n) is 3.35. The second-order valence-electron chi connectivity index (χ2n) is 7.22. The summed E-state index contributed by atoms with van der Waals surface area (Å²) in [6.45, 7) is 7.23. The average Bonchev–Trinajstić information content (AvgIpc) is 3.19. The Morgan fingerprint density at radius 3 is 2.76 bits per heavy atom. The molecule has 164 valence electrons. The number of esters is 1.